The average Bonchev–Trinajstić information content (AvgIpc) is 3.01. The monoisotopic (exact) mass is 385 g/mol. The van der Waals surface area contributed by atoms with Gasteiger partial charge in [-0.05, 0) is 49.4 Å². The maximum Gasteiger partial charge on any atom is 0.257 e. The van der Waals surface area contributed by atoms with E-state index in [1.165, 1.54) is 17.4 Å². The molecule has 3 rings (SSSR count). The Morgan fingerprint density at radius 3 is 2.48 bits per heavy atom. The Morgan fingerprint density at radius 2 is 1.89 bits per heavy atom. The van der Waals surface area contributed by atoms with Crippen LogP contribution in [0.2, 0.25) is 0 Å². The zero-order valence-electron chi connectivity index (χ0n) is 15.5. The van der Waals surface area contributed by atoms with Gasteiger partial charge in [0.25, 0.3) is 5.91 Å². The maximum atomic E-state index is 14.1. The Hall–Kier alpha value is -2.93. The smallest absolute Gasteiger partial charge is 0.257 e. The van der Waals surface area contributed by atoms with E-state index in [0.717, 1.165) is 21.9 Å². The summed E-state index contributed by atoms with van der Waals surface area (Å²) in [7, 11) is 5.11. The highest BCUT2D eigenvalue weighted by Gasteiger charge is 2.15. The minimum absolute atomic E-state index is 0.247. The first-order chi connectivity index (χ1) is 12.9. The zero-order valence-corrected chi connectivity index (χ0v) is 16.4. The molecule has 0 atom stereocenters. The van der Waals surface area contributed by atoms with Crippen molar-refractivity contribution in [1.29, 1.82) is 0 Å². The number of thiazole rings is 1. The van der Waals surface area contributed by atoms with Crippen LogP contribution in [0.4, 0.5) is 15.2 Å². The lowest BCUT2D eigenvalue weighted by Gasteiger charge is -2.13. The normalized spacial score (nSPS) is 10.6. The molecule has 140 valence electrons. The van der Waals surface area contributed by atoms with E-state index >= 15 is 0 Å². The van der Waals surface area contributed by atoms with Crippen LogP contribution in [0.15, 0.2) is 42.5 Å². The second-order valence-electron chi connectivity index (χ2n) is 6.17. The Labute approximate surface area is 161 Å². The highest BCUT2D eigenvalue weighted by molar-refractivity contribution is 7.16. The number of amides is 1. The zero-order chi connectivity index (χ0) is 19.6. The third kappa shape index (κ3) is 4.09. The highest BCUT2D eigenvalue weighted by Crippen LogP contribution is 2.31. The SMILES string of the molecule is COc1ccc(-c2nc(NC(=O)c3ccc(N(C)C)c(F)c3)sc2C)cc1. The first kappa shape index (κ1) is 18.8. The van der Waals surface area contributed by atoms with Gasteiger partial charge in [0.2, 0.25) is 0 Å². The van der Waals surface area contributed by atoms with Crippen LogP contribution in [0.3, 0.4) is 0 Å². The molecule has 0 aliphatic carbocycles. The van der Waals surface area contributed by atoms with Crippen molar-refractivity contribution >= 4 is 28.1 Å². The number of aromatic nitrogens is 1. The summed E-state index contributed by atoms with van der Waals surface area (Å²) in [6, 6.07) is 12.0. The van der Waals surface area contributed by atoms with Crippen molar-refractivity contribution in [2.45, 2.75) is 6.92 Å². The van der Waals surface area contributed by atoms with E-state index in [1.54, 1.807) is 38.2 Å². The summed E-state index contributed by atoms with van der Waals surface area (Å²) < 4.78 is 19.3. The van der Waals surface area contributed by atoms with Gasteiger partial charge in [-0.15, -0.1) is 11.3 Å². The number of halogens is 1. The number of nitrogens with zero attached hydrogens (tertiary/aromatic N) is 2. The fourth-order valence-corrected chi connectivity index (χ4v) is 3.48. The lowest BCUT2D eigenvalue weighted by molar-refractivity contribution is 0.102. The molecular weight excluding hydrogens is 365 g/mol. The first-order valence-electron chi connectivity index (χ1n) is 8.29. The van der Waals surface area contributed by atoms with Crippen molar-refractivity contribution in [1.82, 2.24) is 4.98 Å². The Morgan fingerprint density at radius 1 is 1.19 bits per heavy atom. The average molecular weight is 385 g/mol. The predicted molar refractivity (Wildman–Crippen MR) is 108 cm³/mol. The van der Waals surface area contributed by atoms with E-state index in [0.29, 0.717) is 10.8 Å². The van der Waals surface area contributed by atoms with Gasteiger partial charge in [0.1, 0.15) is 11.6 Å². The number of ether oxygens (including phenoxy) is 1. The minimum atomic E-state index is -0.443. The third-order valence-corrected chi connectivity index (χ3v) is 4.96. The molecule has 1 amide bonds. The first-order valence-corrected chi connectivity index (χ1v) is 9.10. The molecule has 27 heavy (non-hydrogen) atoms. The van der Waals surface area contributed by atoms with Gasteiger partial charge in [-0.3, -0.25) is 10.1 Å². The summed E-state index contributed by atoms with van der Waals surface area (Å²) in [6.45, 7) is 1.94. The Balaban J connectivity index is 1.80. The lowest BCUT2D eigenvalue weighted by atomic mass is 10.1. The van der Waals surface area contributed by atoms with Gasteiger partial charge >= 0.3 is 0 Å². The van der Waals surface area contributed by atoms with Crippen molar-refractivity contribution in [3.8, 4) is 17.0 Å². The predicted octanol–water partition coefficient (Wildman–Crippen LogP) is 4.58. The summed E-state index contributed by atoms with van der Waals surface area (Å²) in [4.78, 5) is 19.6. The number of aryl methyl sites for hydroxylation is 1. The minimum Gasteiger partial charge on any atom is -0.497 e. The lowest BCUT2D eigenvalue weighted by Crippen LogP contribution is -2.14. The van der Waals surface area contributed by atoms with E-state index < -0.39 is 11.7 Å². The summed E-state index contributed by atoms with van der Waals surface area (Å²) in [5.41, 5.74) is 2.41. The van der Waals surface area contributed by atoms with Crippen molar-refractivity contribution in [2.75, 3.05) is 31.4 Å². The van der Waals surface area contributed by atoms with E-state index in [9.17, 15) is 9.18 Å². The van der Waals surface area contributed by atoms with Crippen molar-refractivity contribution in [3.63, 3.8) is 0 Å². The maximum absolute atomic E-state index is 14.1. The molecule has 0 aliphatic rings. The highest BCUT2D eigenvalue weighted by atomic mass is 32.1. The molecule has 0 unspecified atom stereocenters. The Kier molecular flexibility index (Phi) is 5.41. The number of carbonyl (C=O) groups is 1. The van der Waals surface area contributed by atoms with Crippen molar-refractivity contribution in [3.05, 3.63) is 58.7 Å². The van der Waals surface area contributed by atoms with Crippen LogP contribution >= 0.6 is 11.3 Å². The molecule has 1 heterocycles. The van der Waals surface area contributed by atoms with Gasteiger partial charge < -0.3 is 9.64 Å². The number of anilines is 2. The van der Waals surface area contributed by atoms with E-state index in [-0.39, 0.29) is 5.56 Å². The summed E-state index contributed by atoms with van der Waals surface area (Å²) in [5, 5.41) is 3.22. The van der Waals surface area contributed by atoms with Crippen LogP contribution in [0.5, 0.6) is 5.75 Å². The largest absolute Gasteiger partial charge is 0.497 e. The quantitative estimate of drug-likeness (QED) is 0.698. The molecule has 0 spiro atoms. The van der Waals surface area contributed by atoms with Crippen LogP contribution in [0.1, 0.15) is 15.2 Å². The topological polar surface area (TPSA) is 54.5 Å². The van der Waals surface area contributed by atoms with Gasteiger partial charge in [-0.1, -0.05) is 0 Å². The van der Waals surface area contributed by atoms with Crippen molar-refractivity contribution < 1.29 is 13.9 Å². The van der Waals surface area contributed by atoms with Crippen molar-refractivity contribution in [2.24, 2.45) is 0 Å². The molecule has 3 aromatic rings. The van der Waals surface area contributed by atoms with Gasteiger partial charge in [-0.25, -0.2) is 9.37 Å². The number of hydrogen-bond acceptors (Lipinski definition) is 5. The summed E-state index contributed by atoms with van der Waals surface area (Å²) in [6.07, 6.45) is 0. The number of methoxy groups -OCH3 is 1. The molecule has 0 fully saturated rings. The van der Waals surface area contributed by atoms with Crippen LogP contribution in [0.25, 0.3) is 11.3 Å². The van der Waals surface area contributed by atoms with Gasteiger partial charge in [0, 0.05) is 30.1 Å². The van der Waals surface area contributed by atoms with Crippen LogP contribution in [0, 0.1) is 12.7 Å². The van der Waals surface area contributed by atoms with Gasteiger partial charge in [-0.2, -0.15) is 0 Å². The molecule has 0 saturated heterocycles. The number of benzene rings is 2. The van der Waals surface area contributed by atoms with Crippen LogP contribution in [-0.2, 0) is 0 Å². The molecule has 5 nitrogen and oxygen atoms in total. The second kappa shape index (κ2) is 7.75. The molecule has 0 saturated carbocycles. The number of nitrogens with one attached hydrogen (secondary N) is 1. The summed E-state index contributed by atoms with van der Waals surface area (Å²) in [5.74, 6) is -0.0699. The number of hydrogen-bond donors (Lipinski definition) is 1. The Bertz CT molecular complexity index is 968. The third-order valence-electron chi connectivity index (χ3n) is 4.07. The molecule has 0 radical (unpaired) electrons. The van der Waals surface area contributed by atoms with Gasteiger partial charge in [0.05, 0.1) is 18.5 Å². The molecular formula is C20H20FN3O2S. The van der Waals surface area contributed by atoms with Gasteiger partial charge in [0.15, 0.2) is 5.13 Å². The van der Waals surface area contributed by atoms with E-state index in [1.807, 2.05) is 31.2 Å². The fourth-order valence-electron chi connectivity index (χ4n) is 2.65. The molecule has 0 aliphatic heterocycles. The molecule has 0 bridgehead atoms. The van der Waals surface area contributed by atoms with Crippen LogP contribution in [-0.4, -0.2) is 32.1 Å². The standard InChI is InChI=1S/C20H20FN3O2S/c1-12-18(13-5-8-15(26-4)9-6-13)22-20(27-12)23-19(25)14-7-10-17(24(2)3)16(21)11-14/h5-11H,1-4H3,(H,22,23,25). The molecule has 2 aromatic carbocycles. The van der Waals surface area contributed by atoms with Crippen LogP contribution < -0.4 is 15.0 Å². The number of rotatable bonds is 5. The fraction of sp³-hybridized carbons (Fsp3) is 0.200. The molecule has 7 heteroatoms. The number of carbonyl (C=O) groups excluding carboxylic acids is 1. The second-order valence-corrected chi connectivity index (χ2v) is 7.37. The van der Waals surface area contributed by atoms with E-state index in [4.69, 9.17) is 4.74 Å². The molecule has 1 N–H and O–H groups in total. The molecule has 1 aromatic heterocycles. The summed E-state index contributed by atoms with van der Waals surface area (Å²) >= 11 is 1.38. The van der Waals surface area contributed by atoms with E-state index in [2.05, 4.69) is 10.3 Å².